The molecule has 0 saturated carbocycles. The molecule has 1 saturated heterocycles. The van der Waals surface area contributed by atoms with Crippen molar-refractivity contribution < 1.29 is 4.21 Å². The molecule has 70 valence electrons. The Morgan fingerprint density at radius 1 is 1.31 bits per heavy atom. The van der Waals surface area contributed by atoms with Crippen LogP contribution in [0.1, 0.15) is 12.0 Å². The number of nitrogens with zero attached hydrogens (tertiary/aromatic N) is 1. The minimum Gasteiger partial charge on any atom is -0.243 e. The van der Waals surface area contributed by atoms with Gasteiger partial charge in [-0.1, -0.05) is 30.3 Å². The molecule has 1 aromatic carbocycles. The van der Waals surface area contributed by atoms with Gasteiger partial charge in [0, 0.05) is 18.8 Å². The normalized spacial score (nSPS) is 23.5. The summed E-state index contributed by atoms with van der Waals surface area (Å²) in [5.41, 5.74) is 1.25. The number of rotatable bonds is 2. The van der Waals surface area contributed by atoms with Crippen molar-refractivity contribution in [1.29, 1.82) is 0 Å². The molecule has 0 spiro atoms. The zero-order valence-electron chi connectivity index (χ0n) is 7.48. The lowest BCUT2D eigenvalue weighted by Gasteiger charge is -2.12. The van der Waals surface area contributed by atoms with Gasteiger partial charge in [0.2, 0.25) is 0 Å². The van der Waals surface area contributed by atoms with Crippen molar-refractivity contribution in [3.63, 3.8) is 0 Å². The maximum atomic E-state index is 11.4. The molecule has 1 heterocycles. The molecule has 1 aromatic rings. The summed E-state index contributed by atoms with van der Waals surface area (Å²) in [5.74, 6) is 0.840. The van der Waals surface area contributed by atoms with Gasteiger partial charge in [0.15, 0.2) is 0 Å². The molecule has 2 nitrogen and oxygen atoms in total. The zero-order valence-corrected chi connectivity index (χ0v) is 8.30. The predicted molar refractivity (Wildman–Crippen MR) is 54.5 cm³/mol. The maximum Gasteiger partial charge on any atom is 0.0946 e. The first-order chi connectivity index (χ1) is 6.36. The molecule has 0 amide bonds. The van der Waals surface area contributed by atoms with Crippen LogP contribution in [0.3, 0.4) is 0 Å². The van der Waals surface area contributed by atoms with Gasteiger partial charge in [-0.2, -0.15) is 0 Å². The summed E-state index contributed by atoms with van der Waals surface area (Å²) in [6.07, 6.45) is 1.07. The van der Waals surface area contributed by atoms with E-state index in [0.29, 0.717) is 0 Å². The Morgan fingerprint density at radius 2 is 2.08 bits per heavy atom. The van der Waals surface area contributed by atoms with Crippen LogP contribution in [0, 0.1) is 0 Å². The Morgan fingerprint density at radius 3 is 2.69 bits per heavy atom. The van der Waals surface area contributed by atoms with Gasteiger partial charge < -0.3 is 0 Å². The fourth-order valence-electron chi connectivity index (χ4n) is 1.53. The molecular formula is C10H13NOS. The topological polar surface area (TPSA) is 20.3 Å². The first kappa shape index (κ1) is 8.91. The molecule has 3 heteroatoms. The fraction of sp³-hybridized carbons (Fsp3) is 0.400. The second-order valence-electron chi connectivity index (χ2n) is 3.23. The average Bonchev–Trinajstić information content (AvgIpc) is 2.54. The molecule has 0 bridgehead atoms. The van der Waals surface area contributed by atoms with Crippen LogP contribution in [0.5, 0.6) is 0 Å². The highest BCUT2D eigenvalue weighted by Crippen LogP contribution is 2.13. The van der Waals surface area contributed by atoms with E-state index in [9.17, 15) is 4.21 Å². The standard InChI is InChI=1S/C10H13NOS/c12-13-8-4-7-11(13)9-10-5-2-1-3-6-10/h1-3,5-6H,4,7-9H2. The first-order valence-electron chi connectivity index (χ1n) is 4.53. The summed E-state index contributed by atoms with van der Waals surface area (Å²) in [5, 5.41) is 0. The van der Waals surface area contributed by atoms with Crippen LogP contribution in [-0.2, 0) is 17.5 Å². The largest absolute Gasteiger partial charge is 0.243 e. The van der Waals surface area contributed by atoms with E-state index in [2.05, 4.69) is 12.1 Å². The van der Waals surface area contributed by atoms with Crippen molar-refractivity contribution in [3.8, 4) is 0 Å². The lowest BCUT2D eigenvalue weighted by atomic mass is 10.2. The van der Waals surface area contributed by atoms with Gasteiger partial charge in [-0.15, -0.1) is 0 Å². The third-order valence-electron chi connectivity index (χ3n) is 2.22. The smallest absolute Gasteiger partial charge is 0.0946 e. The van der Waals surface area contributed by atoms with E-state index in [-0.39, 0.29) is 0 Å². The van der Waals surface area contributed by atoms with E-state index < -0.39 is 11.0 Å². The average molecular weight is 195 g/mol. The Bertz CT molecular complexity index is 299. The van der Waals surface area contributed by atoms with Gasteiger partial charge in [0.1, 0.15) is 0 Å². The third kappa shape index (κ3) is 2.17. The fourth-order valence-corrected chi connectivity index (χ4v) is 2.79. The van der Waals surface area contributed by atoms with Crippen LogP contribution < -0.4 is 0 Å². The van der Waals surface area contributed by atoms with Crippen LogP contribution in [0.15, 0.2) is 30.3 Å². The van der Waals surface area contributed by atoms with E-state index in [4.69, 9.17) is 0 Å². The highest BCUT2D eigenvalue weighted by Gasteiger charge is 2.19. The third-order valence-corrected chi connectivity index (χ3v) is 3.74. The summed E-state index contributed by atoms with van der Waals surface area (Å²) < 4.78 is 13.5. The molecule has 0 aromatic heterocycles. The van der Waals surface area contributed by atoms with Crippen LogP contribution in [0.2, 0.25) is 0 Å². The van der Waals surface area contributed by atoms with Crippen molar-refractivity contribution in [3.05, 3.63) is 35.9 Å². The molecular weight excluding hydrogens is 182 g/mol. The number of benzene rings is 1. The second-order valence-corrected chi connectivity index (χ2v) is 4.80. The highest BCUT2D eigenvalue weighted by atomic mass is 32.2. The van der Waals surface area contributed by atoms with Crippen molar-refractivity contribution in [2.75, 3.05) is 12.3 Å². The molecule has 0 radical (unpaired) electrons. The van der Waals surface area contributed by atoms with Crippen molar-refractivity contribution in [1.82, 2.24) is 4.31 Å². The Hall–Kier alpha value is -0.670. The molecule has 13 heavy (non-hydrogen) atoms. The van der Waals surface area contributed by atoms with E-state index in [1.807, 2.05) is 22.5 Å². The molecule has 0 aliphatic carbocycles. The van der Waals surface area contributed by atoms with Crippen LogP contribution in [-0.4, -0.2) is 20.8 Å². The molecule has 1 fully saturated rings. The minimum atomic E-state index is -0.728. The molecule has 1 atom stereocenters. The second kappa shape index (κ2) is 4.03. The monoisotopic (exact) mass is 195 g/mol. The van der Waals surface area contributed by atoms with Gasteiger partial charge in [-0.05, 0) is 12.0 Å². The highest BCUT2D eigenvalue weighted by molar-refractivity contribution is 7.82. The Kier molecular flexibility index (Phi) is 2.76. The molecule has 2 rings (SSSR count). The zero-order chi connectivity index (χ0) is 9.10. The van der Waals surface area contributed by atoms with E-state index >= 15 is 0 Å². The van der Waals surface area contributed by atoms with Gasteiger partial charge in [-0.25, -0.2) is 8.51 Å². The summed E-state index contributed by atoms with van der Waals surface area (Å²) >= 11 is 0. The lowest BCUT2D eigenvalue weighted by molar-refractivity contribution is 0.471. The van der Waals surface area contributed by atoms with Crippen molar-refractivity contribution in [2.45, 2.75) is 13.0 Å². The van der Waals surface area contributed by atoms with Crippen LogP contribution in [0.4, 0.5) is 0 Å². The number of hydrogen-bond donors (Lipinski definition) is 0. The Balaban J connectivity index is 2.02. The molecule has 1 aliphatic rings. The van der Waals surface area contributed by atoms with Gasteiger partial charge >= 0.3 is 0 Å². The van der Waals surface area contributed by atoms with Crippen LogP contribution in [0.25, 0.3) is 0 Å². The van der Waals surface area contributed by atoms with Crippen LogP contribution >= 0.6 is 0 Å². The summed E-state index contributed by atoms with van der Waals surface area (Å²) in [6, 6.07) is 10.2. The van der Waals surface area contributed by atoms with Gasteiger partial charge in [-0.3, -0.25) is 0 Å². The first-order valence-corrected chi connectivity index (χ1v) is 5.81. The quantitative estimate of drug-likeness (QED) is 0.701. The summed E-state index contributed by atoms with van der Waals surface area (Å²) in [4.78, 5) is 0. The van der Waals surface area contributed by atoms with E-state index in [1.54, 1.807) is 0 Å². The van der Waals surface area contributed by atoms with Gasteiger partial charge in [0.25, 0.3) is 0 Å². The minimum absolute atomic E-state index is 0.728. The van der Waals surface area contributed by atoms with E-state index in [1.165, 1.54) is 5.56 Å². The Labute approximate surface area is 81.2 Å². The SMILES string of the molecule is O=S1CCCN1Cc1ccccc1. The molecule has 0 N–H and O–H groups in total. The summed E-state index contributed by atoms with van der Waals surface area (Å²) in [6.45, 7) is 1.80. The maximum absolute atomic E-state index is 11.4. The summed E-state index contributed by atoms with van der Waals surface area (Å²) in [7, 11) is -0.728. The van der Waals surface area contributed by atoms with Crippen molar-refractivity contribution >= 4 is 11.0 Å². The van der Waals surface area contributed by atoms with Gasteiger partial charge in [0.05, 0.1) is 11.0 Å². The van der Waals surface area contributed by atoms with E-state index in [0.717, 1.165) is 25.3 Å². The predicted octanol–water partition coefficient (Wildman–Crippen LogP) is 1.56. The number of hydrogen-bond acceptors (Lipinski definition) is 1. The van der Waals surface area contributed by atoms with Crippen molar-refractivity contribution in [2.24, 2.45) is 0 Å². The molecule has 1 aliphatic heterocycles. The molecule has 1 unspecified atom stereocenters. The lowest BCUT2D eigenvalue weighted by Crippen LogP contribution is -2.19.